The van der Waals surface area contributed by atoms with Gasteiger partial charge in [-0.05, 0) is 48.7 Å². The van der Waals surface area contributed by atoms with Gasteiger partial charge in [0.1, 0.15) is 5.82 Å². The molecule has 4 heteroatoms. The maximum absolute atomic E-state index is 12.8. The molecule has 0 heterocycles. The summed E-state index contributed by atoms with van der Waals surface area (Å²) in [6.07, 6.45) is 0.254. The van der Waals surface area contributed by atoms with Gasteiger partial charge in [0.05, 0.1) is 6.10 Å². The molecular weight excluding hydrogens is 333 g/mol. The number of halogens is 2. The Bertz CT molecular complexity index is 573. The average Bonchev–Trinajstić information content (AvgIpc) is 2.47. The van der Waals surface area contributed by atoms with Gasteiger partial charge in [-0.25, -0.2) is 4.39 Å². The summed E-state index contributed by atoms with van der Waals surface area (Å²) < 4.78 is 13.8. The summed E-state index contributed by atoms with van der Waals surface area (Å²) in [5.74, 6) is -0.218. The minimum atomic E-state index is -0.543. The second-order valence-electron chi connectivity index (χ2n) is 5.21. The highest BCUT2D eigenvalue weighted by molar-refractivity contribution is 9.10. The summed E-state index contributed by atoms with van der Waals surface area (Å²) in [6.45, 7) is 2.54. The highest BCUT2D eigenvalue weighted by Crippen LogP contribution is 2.17. The summed E-state index contributed by atoms with van der Waals surface area (Å²) in [7, 11) is 0. The molecule has 2 nitrogen and oxygen atoms in total. The third kappa shape index (κ3) is 5.23. The molecule has 2 N–H and O–H groups in total. The van der Waals surface area contributed by atoms with Crippen LogP contribution in [0.3, 0.4) is 0 Å². The van der Waals surface area contributed by atoms with Crippen LogP contribution < -0.4 is 5.32 Å². The van der Waals surface area contributed by atoms with E-state index >= 15 is 0 Å². The van der Waals surface area contributed by atoms with E-state index in [-0.39, 0.29) is 11.9 Å². The third-order valence-corrected chi connectivity index (χ3v) is 3.84. The van der Waals surface area contributed by atoms with Crippen molar-refractivity contribution in [1.82, 2.24) is 5.32 Å². The van der Waals surface area contributed by atoms with Gasteiger partial charge in [-0.2, -0.15) is 0 Å². The van der Waals surface area contributed by atoms with Crippen LogP contribution in [0.4, 0.5) is 4.39 Å². The molecule has 21 heavy (non-hydrogen) atoms. The zero-order valence-corrected chi connectivity index (χ0v) is 13.5. The van der Waals surface area contributed by atoms with Crippen molar-refractivity contribution in [2.24, 2.45) is 0 Å². The molecule has 0 aliphatic heterocycles. The van der Waals surface area contributed by atoms with Gasteiger partial charge in [0.2, 0.25) is 0 Å². The van der Waals surface area contributed by atoms with Crippen LogP contribution in [0.2, 0.25) is 0 Å². The van der Waals surface area contributed by atoms with Crippen LogP contribution in [0.5, 0.6) is 0 Å². The summed E-state index contributed by atoms with van der Waals surface area (Å²) in [6, 6.07) is 14.4. The standard InChI is InChI=1S/C17H19BrFNO/c1-12(9-13-5-7-16(19)8-6-13)20-11-17(21)14-3-2-4-15(18)10-14/h2-8,10,12,17,20-21H,9,11H2,1H3. The van der Waals surface area contributed by atoms with Crippen molar-refractivity contribution in [1.29, 1.82) is 0 Å². The molecule has 2 atom stereocenters. The van der Waals surface area contributed by atoms with E-state index in [2.05, 4.69) is 28.2 Å². The van der Waals surface area contributed by atoms with E-state index in [1.807, 2.05) is 24.3 Å². The molecule has 0 bridgehead atoms. The Hall–Kier alpha value is -1.23. The van der Waals surface area contributed by atoms with E-state index < -0.39 is 6.10 Å². The summed E-state index contributed by atoms with van der Waals surface area (Å²) in [5, 5.41) is 13.5. The molecular formula is C17H19BrFNO. The van der Waals surface area contributed by atoms with Gasteiger partial charge in [0, 0.05) is 17.1 Å². The normalized spacial score (nSPS) is 13.9. The van der Waals surface area contributed by atoms with Gasteiger partial charge in [-0.3, -0.25) is 0 Å². The van der Waals surface area contributed by atoms with Crippen molar-refractivity contribution in [3.8, 4) is 0 Å². The third-order valence-electron chi connectivity index (χ3n) is 3.35. The van der Waals surface area contributed by atoms with Crippen molar-refractivity contribution >= 4 is 15.9 Å². The molecule has 0 spiro atoms. The zero-order chi connectivity index (χ0) is 15.2. The first-order valence-corrected chi connectivity index (χ1v) is 7.75. The molecule has 2 aromatic carbocycles. The Labute approximate surface area is 133 Å². The van der Waals surface area contributed by atoms with E-state index in [0.717, 1.165) is 22.0 Å². The lowest BCUT2D eigenvalue weighted by Crippen LogP contribution is -2.32. The Morgan fingerprint density at radius 3 is 2.57 bits per heavy atom. The number of rotatable bonds is 6. The van der Waals surface area contributed by atoms with E-state index in [9.17, 15) is 9.50 Å². The molecule has 2 rings (SSSR count). The fourth-order valence-corrected chi connectivity index (χ4v) is 2.61. The molecule has 0 fully saturated rings. The molecule has 112 valence electrons. The summed E-state index contributed by atoms with van der Waals surface area (Å²) in [4.78, 5) is 0. The molecule has 2 unspecified atom stereocenters. The summed E-state index contributed by atoms with van der Waals surface area (Å²) in [5.41, 5.74) is 1.96. The van der Waals surface area contributed by atoms with Crippen molar-refractivity contribution in [3.63, 3.8) is 0 Å². The van der Waals surface area contributed by atoms with Crippen LogP contribution in [-0.4, -0.2) is 17.7 Å². The Balaban J connectivity index is 1.83. The first kappa shape index (κ1) is 16.1. The summed E-state index contributed by atoms with van der Waals surface area (Å²) >= 11 is 3.40. The Morgan fingerprint density at radius 1 is 1.19 bits per heavy atom. The number of aliphatic hydroxyl groups is 1. The monoisotopic (exact) mass is 351 g/mol. The van der Waals surface area contributed by atoms with Crippen LogP contribution in [0.1, 0.15) is 24.2 Å². The smallest absolute Gasteiger partial charge is 0.123 e. The molecule has 0 saturated heterocycles. The second kappa shape index (κ2) is 7.69. The van der Waals surface area contributed by atoms with E-state index in [0.29, 0.717) is 6.54 Å². The molecule has 0 aliphatic carbocycles. The van der Waals surface area contributed by atoms with Gasteiger partial charge >= 0.3 is 0 Å². The fourth-order valence-electron chi connectivity index (χ4n) is 2.19. The number of benzene rings is 2. The largest absolute Gasteiger partial charge is 0.387 e. The van der Waals surface area contributed by atoms with Gasteiger partial charge in [-0.1, -0.05) is 40.2 Å². The lowest BCUT2D eigenvalue weighted by atomic mass is 10.1. The fraction of sp³-hybridized carbons (Fsp3) is 0.294. The maximum atomic E-state index is 12.8. The van der Waals surface area contributed by atoms with E-state index in [1.54, 1.807) is 12.1 Å². The van der Waals surface area contributed by atoms with Gasteiger partial charge < -0.3 is 10.4 Å². The zero-order valence-electron chi connectivity index (χ0n) is 11.9. The van der Waals surface area contributed by atoms with Crippen LogP contribution >= 0.6 is 15.9 Å². The molecule has 0 saturated carbocycles. The first-order valence-electron chi connectivity index (χ1n) is 6.96. The molecule has 2 aromatic rings. The van der Waals surface area contributed by atoms with Crippen LogP contribution in [0, 0.1) is 5.82 Å². The highest BCUT2D eigenvalue weighted by Gasteiger charge is 2.10. The van der Waals surface area contributed by atoms with Crippen molar-refractivity contribution in [3.05, 3.63) is 69.9 Å². The predicted molar refractivity (Wildman–Crippen MR) is 86.7 cm³/mol. The molecule has 0 aliphatic rings. The van der Waals surface area contributed by atoms with Gasteiger partial charge in [-0.15, -0.1) is 0 Å². The van der Waals surface area contributed by atoms with Crippen molar-refractivity contribution in [2.75, 3.05) is 6.54 Å². The minimum absolute atomic E-state index is 0.206. The van der Waals surface area contributed by atoms with Gasteiger partial charge in [0.25, 0.3) is 0 Å². The van der Waals surface area contributed by atoms with Crippen LogP contribution in [0.25, 0.3) is 0 Å². The lowest BCUT2D eigenvalue weighted by molar-refractivity contribution is 0.170. The number of hydrogen-bond acceptors (Lipinski definition) is 2. The molecule has 0 aromatic heterocycles. The Kier molecular flexibility index (Phi) is 5.91. The first-order chi connectivity index (χ1) is 10.0. The topological polar surface area (TPSA) is 32.3 Å². The predicted octanol–water partition coefficient (Wildman–Crippen LogP) is 3.84. The molecule has 0 radical (unpaired) electrons. The minimum Gasteiger partial charge on any atom is -0.387 e. The maximum Gasteiger partial charge on any atom is 0.123 e. The number of nitrogens with one attached hydrogen (secondary N) is 1. The molecule has 0 amide bonds. The number of hydrogen-bond donors (Lipinski definition) is 2. The van der Waals surface area contributed by atoms with Crippen LogP contribution in [0.15, 0.2) is 53.0 Å². The second-order valence-corrected chi connectivity index (χ2v) is 6.13. The van der Waals surface area contributed by atoms with E-state index in [4.69, 9.17) is 0 Å². The quantitative estimate of drug-likeness (QED) is 0.828. The van der Waals surface area contributed by atoms with Crippen LogP contribution in [-0.2, 0) is 6.42 Å². The highest BCUT2D eigenvalue weighted by atomic mass is 79.9. The average molecular weight is 352 g/mol. The number of aliphatic hydroxyl groups excluding tert-OH is 1. The van der Waals surface area contributed by atoms with Crippen molar-refractivity contribution < 1.29 is 9.50 Å². The van der Waals surface area contributed by atoms with Crippen molar-refractivity contribution in [2.45, 2.75) is 25.5 Å². The SMILES string of the molecule is CC(Cc1ccc(F)cc1)NCC(O)c1cccc(Br)c1. The van der Waals surface area contributed by atoms with Gasteiger partial charge in [0.15, 0.2) is 0 Å². The van der Waals surface area contributed by atoms with E-state index in [1.165, 1.54) is 12.1 Å². The lowest BCUT2D eigenvalue weighted by Gasteiger charge is -2.17. The Morgan fingerprint density at radius 2 is 1.90 bits per heavy atom.